The van der Waals surface area contributed by atoms with Crippen LogP contribution >= 0.6 is 0 Å². The highest BCUT2D eigenvalue weighted by atomic mass is 16.5. The van der Waals surface area contributed by atoms with E-state index in [1.165, 1.54) is 0 Å². The minimum Gasteiger partial charge on any atom is -0.481 e. The maximum Gasteiger partial charge on any atom is 0.310 e. The molecule has 2 unspecified atom stereocenters. The Morgan fingerprint density at radius 1 is 1.37 bits per heavy atom. The molecule has 2 rings (SSSR count). The van der Waals surface area contributed by atoms with Gasteiger partial charge in [-0.2, -0.15) is 0 Å². The standard InChI is InChI=1S/C13H22N2O4/c1-2-5-15(6-12(16)14-9-3-4-9)11-8-19-7-10(11)13(17)18/h9-11H,2-8H2,1H3,(H,14,16)(H,17,18). The van der Waals surface area contributed by atoms with Gasteiger partial charge in [-0.1, -0.05) is 6.92 Å². The van der Waals surface area contributed by atoms with Gasteiger partial charge in [0.1, 0.15) is 0 Å². The number of aliphatic carboxylic acids is 1. The van der Waals surface area contributed by atoms with Gasteiger partial charge >= 0.3 is 5.97 Å². The van der Waals surface area contributed by atoms with Crippen LogP contribution < -0.4 is 5.32 Å². The van der Waals surface area contributed by atoms with Gasteiger partial charge in [-0.15, -0.1) is 0 Å². The number of amides is 1. The molecule has 1 saturated heterocycles. The minimum absolute atomic E-state index is 0.00742. The second-order valence-electron chi connectivity index (χ2n) is 5.36. The molecule has 0 aromatic rings. The first-order chi connectivity index (χ1) is 9.11. The predicted molar refractivity (Wildman–Crippen MR) is 68.8 cm³/mol. The molecule has 6 nitrogen and oxygen atoms in total. The molecule has 0 spiro atoms. The average molecular weight is 270 g/mol. The van der Waals surface area contributed by atoms with Gasteiger partial charge in [0.15, 0.2) is 0 Å². The van der Waals surface area contributed by atoms with Crippen LogP contribution in [0.4, 0.5) is 0 Å². The van der Waals surface area contributed by atoms with Crippen molar-refractivity contribution in [2.45, 2.75) is 38.3 Å². The van der Waals surface area contributed by atoms with Crippen molar-refractivity contribution in [1.82, 2.24) is 10.2 Å². The molecule has 2 fully saturated rings. The van der Waals surface area contributed by atoms with Gasteiger partial charge in [0.2, 0.25) is 5.91 Å². The van der Waals surface area contributed by atoms with E-state index in [1.807, 2.05) is 11.8 Å². The van der Waals surface area contributed by atoms with E-state index in [0.29, 0.717) is 12.6 Å². The zero-order chi connectivity index (χ0) is 13.8. The van der Waals surface area contributed by atoms with Crippen LogP contribution in [0.5, 0.6) is 0 Å². The zero-order valence-electron chi connectivity index (χ0n) is 11.3. The lowest BCUT2D eigenvalue weighted by molar-refractivity contribution is -0.143. The van der Waals surface area contributed by atoms with Crippen LogP contribution in [0.1, 0.15) is 26.2 Å². The lowest BCUT2D eigenvalue weighted by Gasteiger charge is -2.29. The highest BCUT2D eigenvalue weighted by molar-refractivity contribution is 5.79. The Bertz CT molecular complexity index is 344. The number of rotatable bonds is 7. The van der Waals surface area contributed by atoms with E-state index in [0.717, 1.165) is 25.8 Å². The molecule has 19 heavy (non-hydrogen) atoms. The van der Waals surface area contributed by atoms with E-state index in [1.54, 1.807) is 0 Å². The van der Waals surface area contributed by atoms with Crippen molar-refractivity contribution < 1.29 is 19.4 Å². The minimum atomic E-state index is -0.841. The number of nitrogens with one attached hydrogen (secondary N) is 1. The number of hydrogen-bond donors (Lipinski definition) is 2. The van der Waals surface area contributed by atoms with Crippen molar-refractivity contribution in [2.24, 2.45) is 5.92 Å². The molecular formula is C13H22N2O4. The molecule has 2 N–H and O–H groups in total. The molecule has 108 valence electrons. The van der Waals surface area contributed by atoms with Gasteiger partial charge in [-0.25, -0.2) is 0 Å². The number of nitrogens with zero attached hydrogens (tertiary/aromatic N) is 1. The molecule has 1 heterocycles. The Hall–Kier alpha value is -1.14. The maximum absolute atomic E-state index is 11.9. The van der Waals surface area contributed by atoms with E-state index >= 15 is 0 Å². The van der Waals surface area contributed by atoms with E-state index in [9.17, 15) is 14.7 Å². The van der Waals surface area contributed by atoms with Crippen molar-refractivity contribution in [2.75, 3.05) is 26.3 Å². The van der Waals surface area contributed by atoms with E-state index in [4.69, 9.17) is 4.74 Å². The van der Waals surface area contributed by atoms with E-state index < -0.39 is 11.9 Å². The molecule has 0 aromatic heterocycles. The predicted octanol–water partition coefficient (Wildman–Crippen LogP) is 0.0766. The summed E-state index contributed by atoms with van der Waals surface area (Å²) in [5.41, 5.74) is 0. The lowest BCUT2D eigenvalue weighted by Crippen LogP contribution is -2.48. The monoisotopic (exact) mass is 270 g/mol. The second kappa shape index (κ2) is 6.34. The van der Waals surface area contributed by atoms with Gasteiger partial charge in [0.05, 0.1) is 25.7 Å². The molecular weight excluding hydrogens is 248 g/mol. The maximum atomic E-state index is 11.9. The highest BCUT2D eigenvalue weighted by Gasteiger charge is 2.38. The largest absolute Gasteiger partial charge is 0.481 e. The second-order valence-corrected chi connectivity index (χ2v) is 5.36. The molecule has 0 aromatic carbocycles. The van der Waals surface area contributed by atoms with Crippen LogP contribution in [0.2, 0.25) is 0 Å². The Balaban J connectivity index is 1.93. The first-order valence-corrected chi connectivity index (χ1v) is 6.95. The summed E-state index contributed by atoms with van der Waals surface area (Å²) in [6, 6.07) is 0.147. The Morgan fingerprint density at radius 3 is 2.68 bits per heavy atom. The fraction of sp³-hybridized carbons (Fsp3) is 0.846. The van der Waals surface area contributed by atoms with Crippen LogP contribution in [0.25, 0.3) is 0 Å². The van der Waals surface area contributed by atoms with Gasteiger partial charge in [-0.3, -0.25) is 14.5 Å². The normalized spacial score (nSPS) is 26.6. The fourth-order valence-corrected chi connectivity index (χ4v) is 2.47. The first kappa shape index (κ1) is 14.3. The third-order valence-electron chi connectivity index (χ3n) is 3.64. The summed E-state index contributed by atoms with van der Waals surface area (Å²) >= 11 is 0. The number of carboxylic acids is 1. The van der Waals surface area contributed by atoms with Gasteiger partial charge in [0.25, 0.3) is 0 Å². The van der Waals surface area contributed by atoms with Gasteiger partial charge < -0.3 is 15.2 Å². The summed E-state index contributed by atoms with van der Waals surface area (Å²) in [7, 11) is 0. The number of hydrogen-bond acceptors (Lipinski definition) is 4. The quantitative estimate of drug-likeness (QED) is 0.685. The summed E-state index contributed by atoms with van der Waals surface area (Å²) in [5, 5.41) is 12.1. The number of ether oxygens (including phenoxy) is 1. The fourth-order valence-electron chi connectivity index (χ4n) is 2.47. The summed E-state index contributed by atoms with van der Waals surface area (Å²) in [5.74, 6) is -1.38. The SMILES string of the molecule is CCCN(CC(=O)NC1CC1)C1COCC1C(=O)O. The summed E-state index contributed by atoms with van der Waals surface area (Å²) in [4.78, 5) is 25.0. The topological polar surface area (TPSA) is 78.9 Å². The number of carbonyl (C=O) groups is 2. The molecule has 0 bridgehead atoms. The first-order valence-electron chi connectivity index (χ1n) is 6.95. The molecule has 2 aliphatic rings. The lowest BCUT2D eigenvalue weighted by atomic mass is 10.0. The van der Waals surface area contributed by atoms with E-state index in [2.05, 4.69) is 5.32 Å². The van der Waals surface area contributed by atoms with Crippen LogP contribution in [0, 0.1) is 5.92 Å². The summed E-state index contributed by atoms with van der Waals surface area (Å²) in [6.45, 7) is 3.65. The third-order valence-corrected chi connectivity index (χ3v) is 3.64. The molecule has 6 heteroatoms. The highest BCUT2D eigenvalue weighted by Crippen LogP contribution is 2.21. The van der Waals surface area contributed by atoms with Gasteiger partial charge in [-0.05, 0) is 25.8 Å². The third kappa shape index (κ3) is 3.91. The van der Waals surface area contributed by atoms with Crippen molar-refractivity contribution in [3.8, 4) is 0 Å². The van der Waals surface area contributed by atoms with Crippen LogP contribution in [-0.2, 0) is 14.3 Å². The Labute approximate surface area is 113 Å². The molecule has 1 amide bonds. The smallest absolute Gasteiger partial charge is 0.310 e. The van der Waals surface area contributed by atoms with Crippen LogP contribution in [-0.4, -0.2) is 60.3 Å². The van der Waals surface area contributed by atoms with Gasteiger partial charge in [0, 0.05) is 12.1 Å². The number of carboxylic acid groups (broad SMARTS) is 1. The molecule has 2 atom stereocenters. The summed E-state index contributed by atoms with van der Waals surface area (Å²) in [6.07, 6.45) is 3.01. The summed E-state index contributed by atoms with van der Waals surface area (Å²) < 4.78 is 5.28. The number of carbonyl (C=O) groups excluding carboxylic acids is 1. The Kier molecular flexibility index (Phi) is 4.76. The molecule has 1 saturated carbocycles. The Morgan fingerprint density at radius 2 is 2.11 bits per heavy atom. The van der Waals surface area contributed by atoms with Crippen LogP contribution in [0.15, 0.2) is 0 Å². The molecule has 1 aliphatic carbocycles. The van der Waals surface area contributed by atoms with Crippen LogP contribution in [0.3, 0.4) is 0 Å². The van der Waals surface area contributed by atoms with E-state index in [-0.39, 0.29) is 25.1 Å². The zero-order valence-corrected chi connectivity index (χ0v) is 11.3. The molecule has 0 radical (unpaired) electrons. The average Bonchev–Trinajstić information content (AvgIpc) is 3.01. The molecule has 1 aliphatic heterocycles. The van der Waals surface area contributed by atoms with Crippen molar-refractivity contribution >= 4 is 11.9 Å². The van der Waals surface area contributed by atoms with Crippen molar-refractivity contribution in [3.63, 3.8) is 0 Å². The van der Waals surface area contributed by atoms with Crippen molar-refractivity contribution in [1.29, 1.82) is 0 Å². The van der Waals surface area contributed by atoms with Crippen molar-refractivity contribution in [3.05, 3.63) is 0 Å².